The van der Waals surface area contributed by atoms with E-state index in [0.717, 1.165) is 11.0 Å². The lowest BCUT2D eigenvalue weighted by Crippen LogP contribution is -2.36. The molecule has 0 aliphatic heterocycles. The first-order valence-corrected chi connectivity index (χ1v) is 7.54. The average Bonchev–Trinajstić information content (AvgIpc) is 2.76. The number of para-hydroxylation sites is 2. The number of fused-ring (bicyclic) bond motifs is 1. The second kappa shape index (κ2) is 7.26. The molecule has 120 valence electrons. The molecular weight excluding hydrogens is 282 g/mol. The standard InChI is InChI=1S/C16H23N3O3/c1-4-18-13-7-5-6-8-14(13)19(16(18)21)10-9-15(20)17-12(2)11-22-3/h5-8,12H,4,9-11H2,1-3H3,(H,17,20). The zero-order valence-electron chi connectivity index (χ0n) is 13.3. The number of amides is 1. The van der Waals surface area contributed by atoms with E-state index >= 15 is 0 Å². The molecule has 0 aliphatic rings. The number of carbonyl (C=O) groups is 1. The normalized spacial score (nSPS) is 12.5. The molecular formula is C16H23N3O3. The van der Waals surface area contributed by atoms with Gasteiger partial charge in [-0.05, 0) is 26.0 Å². The summed E-state index contributed by atoms with van der Waals surface area (Å²) in [7, 11) is 1.60. The number of methoxy groups -OCH3 is 1. The molecule has 1 heterocycles. The Morgan fingerprint density at radius 3 is 2.50 bits per heavy atom. The van der Waals surface area contributed by atoms with Crippen LogP contribution in [0, 0.1) is 0 Å². The Morgan fingerprint density at radius 1 is 1.27 bits per heavy atom. The second-order valence-corrected chi connectivity index (χ2v) is 5.34. The molecule has 1 atom stereocenters. The molecule has 1 aromatic carbocycles. The topological polar surface area (TPSA) is 65.3 Å². The Hall–Kier alpha value is -2.08. The van der Waals surface area contributed by atoms with Gasteiger partial charge in [0.25, 0.3) is 0 Å². The SMILES string of the molecule is CCn1c(=O)n(CCC(=O)NC(C)COC)c2ccccc21. The van der Waals surface area contributed by atoms with Gasteiger partial charge >= 0.3 is 5.69 Å². The maximum atomic E-state index is 12.4. The third-order valence-corrected chi connectivity index (χ3v) is 3.63. The van der Waals surface area contributed by atoms with Gasteiger partial charge in [0.1, 0.15) is 0 Å². The summed E-state index contributed by atoms with van der Waals surface area (Å²) < 4.78 is 8.38. The molecule has 0 saturated heterocycles. The van der Waals surface area contributed by atoms with Crippen LogP contribution in [-0.4, -0.2) is 34.8 Å². The predicted molar refractivity (Wildman–Crippen MR) is 86.0 cm³/mol. The molecule has 0 spiro atoms. The van der Waals surface area contributed by atoms with E-state index < -0.39 is 0 Å². The molecule has 22 heavy (non-hydrogen) atoms. The molecule has 1 aromatic heterocycles. The van der Waals surface area contributed by atoms with Crippen molar-refractivity contribution in [2.24, 2.45) is 0 Å². The molecule has 0 bridgehead atoms. The van der Waals surface area contributed by atoms with Gasteiger partial charge in [0.05, 0.1) is 17.6 Å². The first-order chi connectivity index (χ1) is 10.6. The van der Waals surface area contributed by atoms with Crippen molar-refractivity contribution in [3.63, 3.8) is 0 Å². The highest BCUT2D eigenvalue weighted by molar-refractivity contribution is 5.78. The van der Waals surface area contributed by atoms with Crippen LogP contribution >= 0.6 is 0 Å². The van der Waals surface area contributed by atoms with Crippen LogP contribution < -0.4 is 11.0 Å². The van der Waals surface area contributed by atoms with Gasteiger partial charge in [-0.2, -0.15) is 0 Å². The summed E-state index contributed by atoms with van der Waals surface area (Å²) in [6.07, 6.45) is 0.270. The van der Waals surface area contributed by atoms with Crippen LogP contribution in [0.5, 0.6) is 0 Å². The summed E-state index contributed by atoms with van der Waals surface area (Å²) in [5, 5.41) is 2.85. The fourth-order valence-electron chi connectivity index (χ4n) is 2.65. The number of carbonyl (C=O) groups excluding carboxylic acids is 1. The first kappa shape index (κ1) is 16.3. The van der Waals surface area contributed by atoms with Crippen molar-refractivity contribution in [3.8, 4) is 0 Å². The van der Waals surface area contributed by atoms with Crippen molar-refractivity contribution in [1.29, 1.82) is 0 Å². The summed E-state index contributed by atoms with van der Waals surface area (Å²) in [6.45, 7) is 5.29. The molecule has 2 rings (SSSR count). The lowest BCUT2D eigenvalue weighted by molar-refractivity contribution is -0.122. The molecule has 6 nitrogen and oxygen atoms in total. The summed E-state index contributed by atoms with van der Waals surface area (Å²) in [5.74, 6) is -0.0789. The van der Waals surface area contributed by atoms with Crippen molar-refractivity contribution >= 4 is 16.9 Å². The van der Waals surface area contributed by atoms with Gasteiger partial charge in [-0.25, -0.2) is 4.79 Å². The van der Waals surface area contributed by atoms with Crippen LogP contribution in [0.1, 0.15) is 20.3 Å². The second-order valence-electron chi connectivity index (χ2n) is 5.34. The third-order valence-electron chi connectivity index (χ3n) is 3.63. The number of hydrogen-bond acceptors (Lipinski definition) is 3. The Kier molecular flexibility index (Phi) is 5.38. The van der Waals surface area contributed by atoms with Crippen LogP contribution in [0.4, 0.5) is 0 Å². The van der Waals surface area contributed by atoms with Crippen molar-refractivity contribution in [2.45, 2.75) is 39.4 Å². The molecule has 0 radical (unpaired) electrons. The molecule has 0 fully saturated rings. The van der Waals surface area contributed by atoms with E-state index in [1.54, 1.807) is 16.2 Å². The van der Waals surface area contributed by atoms with Gasteiger partial charge < -0.3 is 10.1 Å². The number of benzene rings is 1. The van der Waals surface area contributed by atoms with E-state index in [-0.39, 0.29) is 24.1 Å². The molecule has 6 heteroatoms. The van der Waals surface area contributed by atoms with Gasteiger partial charge in [-0.15, -0.1) is 0 Å². The highest BCUT2D eigenvalue weighted by Crippen LogP contribution is 2.12. The predicted octanol–water partition coefficient (Wildman–Crippen LogP) is 1.36. The fraction of sp³-hybridized carbons (Fsp3) is 0.500. The van der Waals surface area contributed by atoms with Crippen molar-refractivity contribution in [3.05, 3.63) is 34.7 Å². The minimum Gasteiger partial charge on any atom is -0.383 e. The van der Waals surface area contributed by atoms with E-state index in [1.165, 1.54) is 0 Å². The van der Waals surface area contributed by atoms with Crippen molar-refractivity contribution < 1.29 is 9.53 Å². The van der Waals surface area contributed by atoms with E-state index in [0.29, 0.717) is 19.7 Å². The summed E-state index contributed by atoms with van der Waals surface area (Å²) in [4.78, 5) is 24.4. The largest absolute Gasteiger partial charge is 0.383 e. The Morgan fingerprint density at radius 2 is 1.91 bits per heavy atom. The molecule has 1 amide bonds. The number of hydrogen-bond donors (Lipinski definition) is 1. The lowest BCUT2D eigenvalue weighted by Gasteiger charge is -2.12. The third kappa shape index (κ3) is 3.39. The highest BCUT2D eigenvalue weighted by Gasteiger charge is 2.13. The highest BCUT2D eigenvalue weighted by atomic mass is 16.5. The van der Waals surface area contributed by atoms with Crippen LogP contribution in [0.25, 0.3) is 11.0 Å². The zero-order valence-corrected chi connectivity index (χ0v) is 13.3. The summed E-state index contributed by atoms with van der Waals surface area (Å²) in [6, 6.07) is 7.62. The Bertz CT molecular complexity index is 702. The molecule has 0 saturated carbocycles. The first-order valence-electron chi connectivity index (χ1n) is 7.54. The number of imidazole rings is 1. The molecule has 2 aromatic rings. The fourth-order valence-corrected chi connectivity index (χ4v) is 2.65. The van der Waals surface area contributed by atoms with Gasteiger partial charge in [0.15, 0.2) is 0 Å². The Labute approximate surface area is 129 Å². The number of rotatable bonds is 7. The molecule has 0 aliphatic carbocycles. The van der Waals surface area contributed by atoms with Gasteiger partial charge in [0.2, 0.25) is 5.91 Å². The average molecular weight is 305 g/mol. The van der Waals surface area contributed by atoms with Crippen LogP contribution in [-0.2, 0) is 22.6 Å². The van der Waals surface area contributed by atoms with Crippen LogP contribution in [0.2, 0.25) is 0 Å². The number of aryl methyl sites for hydroxylation is 2. The van der Waals surface area contributed by atoms with Crippen LogP contribution in [0.3, 0.4) is 0 Å². The quantitative estimate of drug-likeness (QED) is 0.840. The van der Waals surface area contributed by atoms with Crippen molar-refractivity contribution in [2.75, 3.05) is 13.7 Å². The minimum absolute atomic E-state index is 0.0359. The van der Waals surface area contributed by atoms with Gasteiger partial charge in [-0.1, -0.05) is 12.1 Å². The van der Waals surface area contributed by atoms with E-state index in [1.807, 2.05) is 38.1 Å². The summed E-state index contributed by atoms with van der Waals surface area (Å²) >= 11 is 0. The zero-order chi connectivity index (χ0) is 16.1. The summed E-state index contributed by atoms with van der Waals surface area (Å²) in [5.41, 5.74) is 1.71. The number of ether oxygens (including phenoxy) is 1. The maximum Gasteiger partial charge on any atom is 0.329 e. The number of nitrogens with one attached hydrogen (secondary N) is 1. The van der Waals surface area contributed by atoms with Gasteiger partial charge in [0, 0.05) is 32.7 Å². The lowest BCUT2D eigenvalue weighted by atomic mass is 10.3. The van der Waals surface area contributed by atoms with E-state index in [9.17, 15) is 9.59 Å². The number of aromatic nitrogens is 2. The monoisotopic (exact) mass is 305 g/mol. The minimum atomic E-state index is -0.0789. The molecule has 1 unspecified atom stereocenters. The van der Waals surface area contributed by atoms with Gasteiger partial charge in [-0.3, -0.25) is 13.9 Å². The maximum absolute atomic E-state index is 12.4. The molecule has 1 N–H and O–H groups in total. The van der Waals surface area contributed by atoms with Crippen LogP contribution in [0.15, 0.2) is 29.1 Å². The Balaban J connectivity index is 2.14. The van der Waals surface area contributed by atoms with E-state index in [2.05, 4.69) is 5.32 Å². The van der Waals surface area contributed by atoms with Crippen molar-refractivity contribution in [1.82, 2.24) is 14.5 Å². The number of nitrogens with zero attached hydrogens (tertiary/aromatic N) is 2. The van der Waals surface area contributed by atoms with E-state index in [4.69, 9.17) is 4.74 Å². The smallest absolute Gasteiger partial charge is 0.329 e.